The van der Waals surface area contributed by atoms with Crippen molar-refractivity contribution >= 4 is 71.0 Å². The maximum absolute atomic E-state index is 14.0. The fourth-order valence-corrected chi connectivity index (χ4v) is 7.18. The van der Waals surface area contributed by atoms with Crippen LogP contribution in [0.1, 0.15) is 63.5 Å². The average molecular weight is 1030 g/mol. The van der Waals surface area contributed by atoms with Crippen LogP contribution in [0.15, 0.2) is 54.6 Å². The molecule has 0 aliphatic carbocycles. The number of carbonyl (C=O) groups is 10. The Morgan fingerprint density at radius 3 is 1.74 bits per heavy atom. The van der Waals surface area contributed by atoms with Crippen LogP contribution in [-0.4, -0.2) is 171 Å². The zero-order valence-corrected chi connectivity index (χ0v) is 41.1. The third kappa shape index (κ3) is 22.5. The Morgan fingerprint density at radius 2 is 1.17 bits per heavy atom. The molecular weight excluding hydrogens is 965 g/mol. The van der Waals surface area contributed by atoms with Gasteiger partial charge in [0.25, 0.3) is 0 Å². The van der Waals surface area contributed by atoms with Gasteiger partial charge in [-0.3, -0.25) is 43.2 Å². The van der Waals surface area contributed by atoms with Gasteiger partial charge in [0.2, 0.25) is 47.3 Å². The van der Waals surface area contributed by atoms with E-state index in [1.54, 1.807) is 48.7 Å². The van der Waals surface area contributed by atoms with Crippen LogP contribution in [0.25, 0.3) is 0 Å². The van der Waals surface area contributed by atoms with Crippen molar-refractivity contribution in [1.82, 2.24) is 42.5 Å². The molecule has 0 spiro atoms. The Bertz CT molecular complexity index is 2140. The number of hydrogen-bond donors (Lipinski definition) is 15. The van der Waals surface area contributed by atoms with Gasteiger partial charge in [-0.05, 0) is 94.2 Å². The summed E-state index contributed by atoms with van der Waals surface area (Å²) in [7, 11) is 0. The molecule has 25 nitrogen and oxygen atoms in total. The third-order valence-corrected chi connectivity index (χ3v) is 11.4. The van der Waals surface area contributed by atoms with Crippen LogP contribution in [0.3, 0.4) is 0 Å². The highest BCUT2D eigenvalue weighted by molar-refractivity contribution is 7.98. The summed E-state index contributed by atoms with van der Waals surface area (Å²) in [6.45, 7) is 1.02. The number of rotatable bonds is 33. The lowest BCUT2D eigenvalue weighted by atomic mass is 10.0. The number of aliphatic hydroxyl groups is 2. The van der Waals surface area contributed by atoms with Gasteiger partial charge in [-0.15, -0.1) is 0 Å². The Morgan fingerprint density at radius 1 is 0.611 bits per heavy atom. The van der Waals surface area contributed by atoms with E-state index >= 15 is 0 Å². The van der Waals surface area contributed by atoms with Crippen molar-refractivity contribution in [3.63, 3.8) is 0 Å². The van der Waals surface area contributed by atoms with Crippen molar-refractivity contribution in [2.24, 2.45) is 11.5 Å². The van der Waals surface area contributed by atoms with Crippen molar-refractivity contribution in [2.75, 3.05) is 31.7 Å². The number of nitrogens with one attached hydrogen (secondary N) is 8. The zero-order chi connectivity index (χ0) is 53.9. The molecule has 2 aromatic rings. The molecule has 0 radical (unpaired) electrons. The second-order valence-electron chi connectivity index (χ2n) is 16.7. The summed E-state index contributed by atoms with van der Waals surface area (Å²) in [5.74, 6) is -9.97. The molecular formula is C46H68N10O15S. The lowest BCUT2D eigenvalue weighted by Crippen LogP contribution is -2.62. The first-order valence-corrected chi connectivity index (χ1v) is 24.4. The molecule has 0 unspecified atom stereocenters. The fraction of sp³-hybridized carbons (Fsp3) is 0.522. The Hall–Kier alpha value is -6.87. The number of phenolic OH excluding ortho intramolecular Hbond substituents is 1. The zero-order valence-electron chi connectivity index (χ0n) is 40.3. The molecule has 0 saturated carbocycles. The molecule has 0 saturated heterocycles. The third-order valence-electron chi connectivity index (χ3n) is 10.8. The molecule has 0 heterocycles. The number of carbonyl (C=O) groups excluding carboxylic acids is 8. The molecule has 0 aliphatic rings. The maximum Gasteiger partial charge on any atom is 0.326 e. The lowest BCUT2D eigenvalue weighted by molar-refractivity contribution is -0.143. The van der Waals surface area contributed by atoms with E-state index in [0.717, 1.165) is 6.92 Å². The Kier molecular flexibility index (Phi) is 27.4. The van der Waals surface area contributed by atoms with Crippen LogP contribution in [0.4, 0.5) is 0 Å². The van der Waals surface area contributed by atoms with E-state index in [0.29, 0.717) is 24.0 Å². The molecule has 2 aromatic carbocycles. The molecule has 17 N–H and O–H groups in total. The smallest absolute Gasteiger partial charge is 0.326 e. The number of hydrogen-bond acceptors (Lipinski definition) is 16. The quantitative estimate of drug-likeness (QED) is 0.0305. The Balaban J connectivity index is 2.19. The van der Waals surface area contributed by atoms with Gasteiger partial charge in [0.15, 0.2) is 0 Å². The summed E-state index contributed by atoms with van der Waals surface area (Å²) >= 11 is 1.30. The number of benzene rings is 2. The molecule has 9 atom stereocenters. The largest absolute Gasteiger partial charge is 0.508 e. The number of aliphatic carboxylic acids is 2. The highest BCUT2D eigenvalue weighted by Gasteiger charge is 2.35. The van der Waals surface area contributed by atoms with Gasteiger partial charge < -0.3 is 79.5 Å². The van der Waals surface area contributed by atoms with Crippen molar-refractivity contribution in [3.8, 4) is 5.75 Å². The van der Waals surface area contributed by atoms with Gasteiger partial charge in [0.05, 0.1) is 25.3 Å². The molecule has 26 heteroatoms. The number of amides is 8. The molecule has 0 fully saturated rings. The highest BCUT2D eigenvalue weighted by atomic mass is 32.2. The number of aromatic hydroxyl groups is 1. The molecule has 0 aliphatic heterocycles. The minimum absolute atomic E-state index is 0.0277. The predicted octanol–water partition coefficient (Wildman–Crippen LogP) is -3.76. The summed E-state index contributed by atoms with van der Waals surface area (Å²) in [6, 6.07) is 2.88. The van der Waals surface area contributed by atoms with Crippen LogP contribution < -0.4 is 54.0 Å². The number of unbranched alkanes of at least 4 members (excludes halogenated alkanes) is 1. The van der Waals surface area contributed by atoms with Gasteiger partial charge in [0.1, 0.15) is 48.0 Å². The minimum Gasteiger partial charge on any atom is -0.508 e. The second kappa shape index (κ2) is 32.2. The summed E-state index contributed by atoms with van der Waals surface area (Å²) in [4.78, 5) is 130. The maximum atomic E-state index is 14.0. The number of carboxylic acids is 2. The van der Waals surface area contributed by atoms with E-state index < -0.39 is 140 Å². The van der Waals surface area contributed by atoms with Crippen molar-refractivity contribution in [2.45, 2.75) is 120 Å². The van der Waals surface area contributed by atoms with E-state index in [-0.39, 0.29) is 43.7 Å². The van der Waals surface area contributed by atoms with Gasteiger partial charge in [-0.1, -0.05) is 42.5 Å². The summed E-state index contributed by atoms with van der Waals surface area (Å²) < 4.78 is 0. The molecule has 0 bridgehead atoms. The topological polar surface area (TPSA) is 420 Å². The Labute approximate surface area is 420 Å². The fourth-order valence-electron chi connectivity index (χ4n) is 6.71. The second-order valence-corrected chi connectivity index (χ2v) is 17.7. The lowest BCUT2D eigenvalue weighted by Gasteiger charge is -2.28. The van der Waals surface area contributed by atoms with Crippen molar-refractivity contribution in [3.05, 3.63) is 65.7 Å². The summed E-state index contributed by atoms with van der Waals surface area (Å²) in [5, 5.41) is 68.0. The first-order chi connectivity index (χ1) is 34.1. The molecule has 0 aromatic heterocycles. The van der Waals surface area contributed by atoms with E-state index in [1.165, 1.54) is 30.8 Å². The normalized spacial score (nSPS) is 14.7. The van der Waals surface area contributed by atoms with E-state index in [2.05, 4.69) is 42.5 Å². The van der Waals surface area contributed by atoms with Gasteiger partial charge in [-0.25, -0.2) is 4.79 Å². The highest BCUT2D eigenvalue weighted by Crippen LogP contribution is 2.12. The summed E-state index contributed by atoms with van der Waals surface area (Å²) in [5.41, 5.74) is 12.7. The molecule has 398 valence electrons. The van der Waals surface area contributed by atoms with Crippen LogP contribution in [0.5, 0.6) is 5.75 Å². The van der Waals surface area contributed by atoms with Crippen LogP contribution >= 0.6 is 11.8 Å². The minimum atomic E-state index is -1.85. The van der Waals surface area contributed by atoms with Gasteiger partial charge in [0, 0.05) is 12.8 Å². The number of aliphatic hydroxyl groups excluding tert-OH is 2. The number of carboxylic acid groups (broad SMARTS) is 2. The predicted molar refractivity (Wildman–Crippen MR) is 261 cm³/mol. The van der Waals surface area contributed by atoms with Crippen LogP contribution in [0, 0.1) is 0 Å². The van der Waals surface area contributed by atoms with Gasteiger partial charge in [-0.2, -0.15) is 11.8 Å². The molecule has 2 rings (SSSR count). The first-order valence-electron chi connectivity index (χ1n) is 23.0. The first kappa shape index (κ1) is 61.3. The SMILES string of the molecule is CSCC[C@H](NC(=O)[C@H](Cc1ccccc1)NC(=O)CNC(=O)[C@@H](C)NC(=O)[C@@H](N)Cc1ccc(O)cc1)C(=O)N[C@H](C(=O)N[C@@H](CO)C(=O)N[C@@H](CCC(=O)O)C(=O)N[C@@H](CCCCN)C(=O)O)[C@@H](C)O. The van der Waals surface area contributed by atoms with Gasteiger partial charge >= 0.3 is 11.9 Å². The van der Waals surface area contributed by atoms with Crippen molar-refractivity contribution < 1.29 is 73.5 Å². The van der Waals surface area contributed by atoms with Crippen LogP contribution in [0.2, 0.25) is 0 Å². The molecule has 72 heavy (non-hydrogen) atoms. The van der Waals surface area contributed by atoms with E-state index in [1.807, 2.05) is 0 Å². The number of nitrogens with two attached hydrogens (primary N) is 2. The summed E-state index contributed by atoms with van der Waals surface area (Å²) in [6.07, 6.45) is -0.371. The van der Waals surface area contributed by atoms with E-state index in [4.69, 9.17) is 11.5 Å². The number of thioether (sulfide) groups is 1. The number of phenols is 1. The average Bonchev–Trinajstić information content (AvgIpc) is 3.33. The van der Waals surface area contributed by atoms with Crippen LogP contribution in [-0.2, 0) is 60.8 Å². The van der Waals surface area contributed by atoms with Crippen molar-refractivity contribution in [1.29, 1.82) is 0 Å². The van der Waals surface area contributed by atoms with E-state index in [9.17, 15) is 73.5 Å². The monoisotopic (exact) mass is 1030 g/mol. The standard InChI is InChI=1S/C46H68N10O15S/c1-25(50-40(64)30(48)21-28-12-14-29(59)15-13-28)39(63)49-23-36(60)51-34(22-27-9-5-4-6-10-27)43(67)53-32(18-20-72-3)42(66)56-38(26(2)58)45(69)55-35(24-57)44(68)52-31(16-17-37(61)62)41(65)54-33(46(70)71)11-7-8-19-47/h4-6,9-10,12-15,25-26,30-35,38,57-59H,7-8,11,16-24,47-48H2,1-3H3,(H,49,63)(H,50,64)(H,51,60)(H,52,68)(H,53,67)(H,54,65)(H,55,69)(H,56,66)(H,61,62)(H,70,71)/t25-,26-,30+,31+,32+,33+,34+,35+,38+/m1/s1. The molecule has 8 amide bonds.